The summed E-state index contributed by atoms with van der Waals surface area (Å²) < 4.78 is 24.2. The third-order valence-electron chi connectivity index (χ3n) is 7.72. The number of hydrogen-bond acceptors (Lipinski definition) is 7. The normalized spacial score (nSPS) is 18.6. The minimum Gasteiger partial charge on any atom is -0.497 e. The summed E-state index contributed by atoms with van der Waals surface area (Å²) >= 11 is 1.42. The molecule has 8 heteroatoms. The van der Waals surface area contributed by atoms with Crippen LogP contribution in [0.4, 0.5) is 0 Å². The summed E-state index contributed by atoms with van der Waals surface area (Å²) in [7, 11) is 3.33. The van der Waals surface area contributed by atoms with Crippen LogP contribution in [0.5, 0.6) is 23.0 Å². The molecular weight excluding hydrogens is 536 g/mol. The van der Waals surface area contributed by atoms with Crippen molar-refractivity contribution < 1.29 is 18.9 Å². The molecular formula is C33H28N2O5S. The van der Waals surface area contributed by atoms with E-state index in [2.05, 4.69) is 30.3 Å². The number of aromatic nitrogens is 1. The third-order valence-corrected chi connectivity index (χ3v) is 8.70. The molecule has 0 radical (unpaired) electrons. The van der Waals surface area contributed by atoms with Crippen molar-refractivity contribution in [2.24, 2.45) is 4.99 Å². The highest BCUT2D eigenvalue weighted by Gasteiger charge is 2.32. The van der Waals surface area contributed by atoms with Gasteiger partial charge in [-0.05, 0) is 95.6 Å². The number of benzene rings is 3. The lowest BCUT2D eigenvalue weighted by molar-refractivity contribution is 0.174. The standard InChI is InChI=1S/C33H28N2O5S/c1-37-24-11-6-20(7-12-24)16-23-4-3-5-26-30(23)34-33-35(31(26)22-9-13-25(38-2)14-10-22)32(36)29(41-33)18-21-8-15-27-28(17-21)40-19-39-27/h6-18,31H,3-5,19H2,1-2H3/b23-16+,29-18-/t31-/m0/s1. The van der Waals surface area contributed by atoms with E-state index in [1.54, 1.807) is 14.2 Å². The summed E-state index contributed by atoms with van der Waals surface area (Å²) in [6.45, 7) is 0.209. The van der Waals surface area contributed by atoms with Crippen molar-refractivity contribution in [2.45, 2.75) is 25.3 Å². The van der Waals surface area contributed by atoms with Crippen molar-refractivity contribution in [3.05, 3.63) is 120 Å². The zero-order chi connectivity index (χ0) is 27.9. The van der Waals surface area contributed by atoms with Gasteiger partial charge in [-0.25, -0.2) is 4.99 Å². The van der Waals surface area contributed by atoms with Crippen molar-refractivity contribution in [3.8, 4) is 23.0 Å². The van der Waals surface area contributed by atoms with E-state index in [4.69, 9.17) is 23.9 Å². The molecule has 3 aromatic carbocycles. The Balaban J connectivity index is 1.40. The second kappa shape index (κ2) is 10.4. The Bertz CT molecular complexity index is 1880. The molecule has 7 nitrogen and oxygen atoms in total. The van der Waals surface area contributed by atoms with E-state index in [0.717, 1.165) is 53.1 Å². The summed E-state index contributed by atoms with van der Waals surface area (Å²) in [4.78, 5) is 19.9. The first-order valence-electron chi connectivity index (χ1n) is 13.5. The maximum atomic E-state index is 14.0. The molecule has 206 valence electrons. The third kappa shape index (κ3) is 4.64. The van der Waals surface area contributed by atoms with Crippen molar-refractivity contribution in [3.63, 3.8) is 0 Å². The number of ether oxygens (including phenoxy) is 4. The quantitative estimate of drug-likeness (QED) is 0.332. The smallest absolute Gasteiger partial charge is 0.271 e. The summed E-state index contributed by atoms with van der Waals surface area (Å²) in [5.74, 6) is 3.01. The van der Waals surface area contributed by atoms with Gasteiger partial charge in [0.05, 0.1) is 30.5 Å². The van der Waals surface area contributed by atoms with Crippen LogP contribution in [0.2, 0.25) is 0 Å². The SMILES string of the molecule is COc1ccc(/C=C2\CCCC3=C2N=c2s/c(=C\c4ccc5c(c4)OCO5)c(=O)n2[C@H]3c2ccc(OC)cc2)cc1. The number of rotatable bonds is 5. The fraction of sp³-hybridized carbons (Fsp3) is 0.212. The molecule has 1 aromatic heterocycles. The molecule has 4 aromatic rings. The van der Waals surface area contributed by atoms with Crippen LogP contribution in [0.25, 0.3) is 12.2 Å². The number of allylic oxidation sites excluding steroid dienone is 2. The van der Waals surface area contributed by atoms with Crippen LogP contribution in [0.15, 0.2) is 93.4 Å². The molecule has 2 aliphatic heterocycles. The molecule has 0 N–H and O–H groups in total. The molecule has 0 fully saturated rings. The van der Waals surface area contributed by atoms with Gasteiger partial charge in [-0.2, -0.15) is 0 Å². The van der Waals surface area contributed by atoms with Crippen LogP contribution in [0, 0.1) is 0 Å². The van der Waals surface area contributed by atoms with Crippen molar-refractivity contribution >= 4 is 23.5 Å². The molecule has 0 amide bonds. The van der Waals surface area contributed by atoms with Crippen LogP contribution >= 0.6 is 11.3 Å². The Labute approximate surface area is 240 Å². The van der Waals surface area contributed by atoms with Crippen LogP contribution in [0.1, 0.15) is 42.0 Å². The van der Waals surface area contributed by atoms with Gasteiger partial charge in [0.15, 0.2) is 16.3 Å². The maximum absolute atomic E-state index is 14.0. The lowest BCUT2D eigenvalue weighted by Gasteiger charge is -2.31. The van der Waals surface area contributed by atoms with Crippen LogP contribution < -0.4 is 33.8 Å². The lowest BCUT2D eigenvalue weighted by Crippen LogP contribution is -2.39. The van der Waals surface area contributed by atoms with E-state index < -0.39 is 0 Å². The summed E-state index contributed by atoms with van der Waals surface area (Å²) in [6.07, 6.45) is 6.92. The van der Waals surface area contributed by atoms with E-state index in [0.29, 0.717) is 20.8 Å². The number of methoxy groups -OCH3 is 2. The van der Waals surface area contributed by atoms with Gasteiger partial charge in [0.1, 0.15) is 11.5 Å². The first-order chi connectivity index (χ1) is 20.1. The Hall–Kier alpha value is -4.56. The summed E-state index contributed by atoms with van der Waals surface area (Å²) in [5.41, 5.74) is 6.30. The minimum atomic E-state index is -0.245. The second-order valence-electron chi connectivity index (χ2n) is 10.1. The maximum Gasteiger partial charge on any atom is 0.271 e. The molecule has 3 heterocycles. The van der Waals surface area contributed by atoms with Gasteiger partial charge in [0, 0.05) is 0 Å². The van der Waals surface area contributed by atoms with Gasteiger partial charge in [0.25, 0.3) is 5.56 Å². The van der Waals surface area contributed by atoms with Gasteiger partial charge < -0.3 is 18.9 Å². The Morgan fingerprint density at radius 1 is 0.878 bits per heavy atom. The molecule has 1 atom stereocenters. The van der Waals surface area contributed by atoms with Crippen LogP contribution in [0.3, 0.4) is 0 Å². The van der Waals surface area contributed by atoms with Gasteiger partial charge in [-0.15, -0.1) is 0 Å². The first-order valence-corrected chi connectivity index (χ1v) is 14.4. The average Bonchev–Trinajstić information content (AvgIpc) is 3.60. The van der Waals surface area contributed by atoms with Crippen LogP contribution in [-0.2, 0) is 0 Å². The topological polar surface area (TPSA) is 71.3 Å². The van der Waals surface area contributed by atoms with Gasteiger partial charge in [-0.3, -0.25) is 9.36 Å². The fourth-order valence-corrected chi connectivity index (χ4v) is 6.70. The summed E-state index contributed by atoms with van der Waals surface area (Å²) in [5, 5.41) is 0. The summed E-state index contributed by atoms with van der Waals surface area (Å²) in [6, 6.07) is 21.5. The van der Waals surface area contributed by atoms with E-state index in [9.17, 15) is 4.79 Å². The lowest BCUT2D eigenvalue weighted by atomic mass is 9.84. The van der Waals surface area contributed by atoms with E-state index in [1.807, 2.05) is 53.1 Å². The van der Waals surface area contributed by atoms with E-state index >= 15 is 0 Å². The first kappa shape index (κ1) is 25.4. The van der Waals surface area contributed by atoms with Crippen molar-refractivity contribution in [1.82, 2.24) is 4.57 Å². The minimum absolute atomic E-state index is 0.0509. The highest BCUT2D eigenvalue weighted by atomic mass is 32.1. The molecule has 41 heavy (non-hydrogen) atoms. The zero-order valence-electron chi connectivity index (χ0n) is 22.8. The Morgan fingerprint density at radius 2 is 1.59 bits per heavy atom. The monoisotopic (exact) mass is 564 g/mol. The van der Waals surface area contributed by atoms with Crippen molar-refractivity contribution in [1.29, 1.82) is 0 Å². The van der Waals surface area contributed by atoms with Crippen molar-refractivity contribution in [2.75, 3.05) is 21.0 Å². The number of fused-ring (bicyclic) bond motifs is 2. The number of hydrogen-bond donors (Lipinski definition) is 0. The molecule has 0 saturated carbocycles. The number of thiazole rings is 1. The average molecular weight is 565 g/mol. The van der Waals surface area contributed by atoms with E-state index in [-0.39, 0.29) is 18.4 Å². The number of nitrogens with zero attached hydrogens (tertiary/aromatic N) is 2. The Kier molecular flexibility index (Phi) is 6.47. The highest BCUT2D eigenvalue weighted by molar-refractivity contribution is 7.07. The molecule has 7 rings (SSSR count). The molecule has 0 unspecified atom stereocenters. The fourth-order valence-electron chi connectivity index (χ4n) is 5.70. The van der Waals surface area contributed by atoms with Gasteiger partial charge >= 0.3 is 0 Å². The highest BCUT2D eigenvalue weighted by Crippen LogP contribution is 2.41. The molecule has 0 spiro atoms. The molecule has 0 saturated heterocycles. The predicted octanol–water partition coefficient (Wildman–Crippen LogP) is 5.23. The molecule has 1 aliphatic carbocycles. The zero-order valence-corrected chi connectivity index (χ0v) is 23.6. The Morgan fingerprint density at radius 3 is 2.34 bits per heavy atom. The van der Waals surface area contributed by atoms with Gasteiger partial charge in [0.2, 0.25) is 6.79 Å². The molecule has 0 bridgehead atoms. The van der Waals surface area contributed by atoms with Gasteiger partial charge in [-0.1, -0.05) is 41.7 Å². The largest absolute Gasteiger partial charge is 0.497 e. The van der Waals surface area contributed by atoms with E-state index in [1.165, 1.54) is 22.5 Å². The molecule has 3 aliphatic rings. The van der Waals surface area contributed by atoms with Crippen LogP contribution in [-0.4, -0.2) is 25.6 Å². The predicted molar refractivity (Wildman–Crippen MR) is 158 cm³/mol. The second-order valence-corrected chi connectivity index (χ2v) is 11.1.